The van der Waals surface area contributed by atoms with E-state index in [2.05, 4.69) is 25.6 Å². The minimum absolute atomic E-state index is 0.0518. The van der Waals surface area contributed by atoms with Crippen LogP contribution in [0.15, 0.2) is 55.0 Å². The lowest BCUT2D eigenvalue weighted by atomic mass is 9.84. The summed E-state index contributed by atoms with van der Waals surface area (Å²) in [6, 6.07) is 9.96. The van der Waals surface area contributed by atoms with E-state index in [1.165, 1.54) is 19.2 Å². The summed E-state index contributed by atoms with van der Waals surface area (Å²) in [4.78, 5) is 45.5. The molecule has 8 rings (SSSR count). The topological polar surface area (TPSA) is 139 Å². The minimum atomic E-state index is -0.733. The van der Waals surface area contributed by atoms with E-state index in [9.17, 15) is 14.4 Å². The Morgan fingerprint density at radius 3 is 2.53 bits per heavy atom. The molecule has 2 N–H and O–H groups in total. The lowest BCUT2D eigenvalue weighted by Gasteiger charge is -2.37. The number of carbonyl (C=O) groups excluding carboxylic acids is 3. The standard InChI is InChI=1S/C38H41F2N9O4/c1-53-32-20-31-25(17-28(32)38(52)43-34-21-41-33-3-2-11-42-49(33)34)22-48(45-31)26-6-4-23(5-7-26)10-12-46-13-15-47(16-14-46)36-29(39)18-24(19-30(36)40)27-8-9-35(50)44-37(27)51/h2-3,11,17-23,26-27H,4-10,12-16H2,1H3,(H,43,52)(H,44,50,51). The van der Waals surface area contributed by atoms with Gasteiger partial charge in [-0.25, -0.2) is 13.8 Å². The summed E-state index contributed by atoms with van der Waals surface area (Å²) in [7, 11) is 1.54. The average Bonchev–Trinajstić information content (AvgIpc) is 3.77. The van der Waals surface area contributed by atoms with Crippen LogP contribution in [0.25, 0.3) is 16.6 Å². The Labute approximate surface area is 304 Å². The molecule has 3 aromatic heterocycles. The molecule has 3 amide bonds. The van der Waals surface area contributed by atoms with Crippen LogP contribution in [0.3, 0.4) is 0 Å². The lowest BCUT2D eigenvalue weighted by molar-refractivity contribution is -0.134. The van der Waals surface area contributed by atoms with Gasteiger partial charge in [-0.3, -0.25) is 29.3 Å². The van der Waals surface area contributed by atoms with Gasteiger partial charge in [-0.05, 0) is 86.9 Å². The van der Waals surface area contributed by atoms with Gasteiger partial charge in [0.1, 0.15) is 23.1 Å². The van der Waals surface area contributed by atoms with Gasteiger partial charge in [0.2, 0.25) is 11.8 Å². The molecule has 2 aliphatic heterocycles. The van der Waals surface area contributed by atoms with Gasteiger partial charge in [0.05, 0.1) is 36.3 Å². The van der Waals surface area contributed by atoms with Crippen molar-refractivity contribution in [2.24, 2.45) is 5.92 Å². The number of carbonyl (C=O) groups is 3. The van der Waals surface area contributed by atoms with Crippen LogP contribution in [0.2, 0.25) is 0 Å². The highest BCUT2D eigenvalue weighted by Gasteiger charge is 2.31. The second-order valence-electron chi connectivity index (χ2n) is 14.2. The summed E-state index contributed by atoms with van der Waals surface area (Å²) in [6.45, 7) is 3.38. The fourth-order valence-corrected chi connectivity index (χ4v) is 8.06. The van der Waals surface area contributed by atoms with Crippen molar-refractivity contribution in [2.45, 2.75) is 56.9 Å². The predicted octanol–water partition coefficient (Wildman–Crippen LogP) is 5.08. The molecule has 2 aromatic carbocycles. The molecule has 13 nitrogen and oxygen atoms in total. The van der Waals surface area contributed by atoms with Crippen molar-refractivity contribution >= 4 is 45.8 Å². The number of amides is 3. The number of imidazole rings is 1. The molecule has 15 heteroatoms. The van der Waals surface area contributed by atoms with E-state index in [0.29, 0.717) is 54.9 Å². The summed E-state index contributed by atoms with van der Waals surface area (Å²) < 4.78 is 39.6. The summed E-state index contributed by atoms with van der Waals surface area (Å²) in [6.07, 6.45) is 10.9. The second kappa shape index (κ2) is 14.5. The second-order valence-corrected chi connectivity index (χ2v) is 14.2. The monoisotopic (exact) mass is 725 g/mol. The zero-order chi connectivity index (χ0) is 36.6. The maximum Gasteiger partial charge on any atom is 0.260 e. The molecule has 3 aliphatic rings. The number of rotatable bonds is 9. The molecule has 1 atom stereocenters. The number of anilines is 2. The fraction of sp³-hybridized carbons (Fsp3) is 0.421. The number of halogens is 2. The number of fused-ring (bicyclic) bond motifs is 2. The quantitative estimate of drug-likeness (QED) is 0.199. The highest BCUT2D eigenvalue weighted by molar-refractivity contribution is 6.08. The molecule has 5 heterocycles. The third-order valence-corrected chi connectivity index (χ3v) is 11.0. The van der Waals surface area contributed by atoms with Gasteiger partial charge < -0.3 is 15.0 Å². The van der Waals surface area contributed by atoms with Crippen molar-refractivity contribution in [3.63, 3.8) is 0 Å². The predicted molar refractivity (Wildman–Crippen MR) is 193 cm³/mol. The molecular formula is C38H41F2N9O4. The zero-order valence-corrected chi connectivity index (χ0v) is 29.4. The van der Waals surface area contributed by atoms with E-state index in [4.69, 9.17) is 9.84 Å². The Morgan fingerprint density at radius 1 is 1.02 bits per heavy atom. The van der Waals surface area contributed by atoms with Crippen molar-refractivity contribution in [2.75, 3.05) is 50.1 Å². The minimum Gasteiger partial charge on any atom is -0.496 e. The first-order chi connectivity index (χ1) is 25.7. The number of benzene rings is 2. The number of methoxy groups -OCH3 is 1. The smallest absolute Gasteiger partial charge is 0.260 e. The van der Waals surface area contributed by atoms with Gasteiger partial charge >= 0.3 is 0 Å². The summed E-state index contributed by atoms with van der Waals surface area (Å²) >= 11 is 0. The maximum atomic E-state index is 15.2. The van der Waals surface area contributed by atoms with E-state index < -0.39 is 23.5 Å². The highest BCUT2D eigenvalue weighted by atomic mass is 19.1. The highest BCUT2D eigenvalue weighted by Crippen LogP contribution is 2.36. The zero-order valence-electron chi connectivity index (χ0n) is 29.4. The van der Waals surface area contributed by atoms with Crippen molar-refractivity contribution in [3.8, 4) is 5.75 Å². The SMILES string of the molecule is COc1cc2nn(C3CCC(CCN4CCN(c5c(F)cc(C6CCC(=O)NC6=O)cc5F)CC4)CC3)cc2cc1C(=O)Nc1cnc2cccnn12. The number of aromatic nitrogens is 5. The molecule has 1 unspecified atom stereocenters. The number of hydrogen-bond donors (Lipinski definition) is 2. The van der Waals surface area contributed by atoms with Gasteiger partial charge in [0.25, 0.3) is 5.91 Å². The largest absolute Gasteiger partial charge is 0.496 e. The Hall–Kier alpha value is -5.44. The van der Waals surface area contributed by atoms with Gasteiger partial charge in [-0.1, -0.05) is 0 Å². The maximum absolute atomic E-state index is 15.2. The molecule has 2 saturated heterocycles. The van der Waals surface area contributed by atoms with E-state index in [0.717, 1.165) is 49.6 Å². The third kappa shape index (κ3) is 7.04. The van der Waals surface area contributed by atoms with Gasteiger partial charge in [-0.2, -0.15) is 14.7 Å². The summed E-state index contributed by atoms with van der Waals surface area (Å²) in [5.74, 6) is -1.80. The third-order valence-electron chi connectivity index (χ3n) is 11.0. The van der Waals surface area contributed by atoms with Crippen molar-refractivity contribution in [1.29, 1.82) is 0 Å². The van der Waals surface area contributed by atoms with Crippen LogP contribution in [-0.4, -0.2) is 86.8 Å². The lowest BCUT2D eigenvalue weighted by Crippen LogP contribution is -2.47. The van der Waals surface area contributed by atoms with Gasteiger partial charge in [-0.15, -0.1) is 0 Å². The van der Waals surface area contributed by atoms with E-state index in [1.807, 2.05) is 23.0 Å². The molecule has 1 saturated carbocycles. The molecular weight excluding hydrogens is 684 g/mol. The fourth-order valence-electron chi connectivity index (χ4n) is 8.06. The van der Waals surface area contributed by atoms with Crippen LogP contribution in [-0.2, 0) is 9.59 Å². The molecule has 0 radical (unpaired) electrons. The number of piperidine rings is 1. The number of ether oxygens (including phenoxy) is 1. The van der Waals surface area contributed by atoms with Crippen molar-refractivity contribution in [3.05, 3.63) is 77.8 Å². The van der Waals surface area contributed by atoms with Gasteiger partial charge in [0, 0.05) is 56.4 Å². The molecule has 1 aliphatic carbocycles. The van der Waals surface area contributed by atoms with Crippen LogP contribution in [0, 0.1) is 17.6 Å². The molecule has 0 spiro atoms. The molecule has 5 aromatic rings. The van der Waals surface area contributed by atoms with Crippen molar-refractivity contribution < 1.29 is 27.9 Å². The number of imide groups is 1. The van der Waals surface area contributed by atoms with Gasteiger partial charge in [0.15, 0.2) is 11.5 Å². The Bertz CT molecular complexity index is 2160. The van der Waals surface area contributed by atoms with Crippen LogP contribution in [0.5, 0.6) is 5.75 Å². The first kappa shape index (κ1) is 34.6. The first-order valence-electron chi connectivity index (χ1n) is 18.2. The molecule has 276 valence electrons. The van der Waals surface area contributed by atoms with Crippen molar-refractivity contribution in [1.82, 2.24) is 34.6 Å². The number of hydrogen-bond acceptors (Lipinski definition) is 9. The summed E-state index contributed by atoms with van der Waals surface area (Å²) in [5, 5.41) is 15.1. The molecule has 3 fully saturated rings. The Kier molecular flexibility index (Phi) is 9.49. The van der Waals surface area contributed by atoms with Crippen LogP contribution >= 0.6 is 0 Å². The Morgan fingerprint density at radius 2 is 1.79 bits per heavy atom. The summed E-state index contributed by atoms with van der Waals surface area (Å²) in [5.41, 5.74) is 2.00. The number of nitrogens with one attached hydrogen (secondary N) is 2. The van der Waals surface area contributed by atoms with E-state index in [1.54, 1.807) is 33.9 Å². The van der Waals surface area contributed by atoms with Crippen LogP contribution in [0.1, 0.15) is 72.8 Å². The van der Waals surface area contributed by atoms with Crippen LogP contribution in [0.4, 0.5) is 20.3 Å². The first-order valence-corrected chi connectivity index (χ1v) is 18.2. The molecule has 0 bridgehead atoms. The normalized spacial score (nSPS) is 21.3. The number of nitrogens with zero attached hydrogens (tertiary/aromatic N) is 7. The van der Waals surface area contributed by atoms with Crippen LogP contribution < -0.4 is 20.3 Å². The Balaban J connectivity index is 0.829. The average molecular weight is 726 g/mol. The number of piperazine rings is 1. The van der Waals surface area contributed by atoms with E-state index in [-0.39, 0.29) is 41.9 Å². The van der Waals surface area contributed by atoms with E-state index >= 15 is 8.78 Å². The molecule has 53 heavy (non-hydrogen) atoms.